The fourth-order valence-corrected chi connectivity index (χ4v) is 2.59. The van der Waals surface area contributed by atoms with Gasteiger partial charge in [-0.1, -0.05) is 18.2 Å². The van der Waals surface area contributed by atoms with Crippen LogP contribution in [0, 0.1) is 0 Å². The summed E-state index contributed by atoms with van der Waals surface area (Å²) in [5, 5.41) is 0. The molecule has 1 aromatic rings. The van der Waals surface area contributed by atoms with Crippen molar-refractivity contribution in [3.8, 4) is 0 Å². The van der Waals surface area contributed by atoms with Crippen LogP contribution in [0.25, 0.3) is 0 Å². The van der Waals surface area contributed by atoms with E-state index < -0.39 is 5.60 Å². The highest BCUT2D eigenvalue weighted by Gasteiger charge is 2.21. The van der Waals surface area contributed by atoms with E-state index in [4.69, 9.17) is 4.74 Å². The summed E-state index contributed by atoms with van der Waals surface area (Å²) in [5.74, 6) is 0. The Kier molecular flexibility index (Phi) is 5.88. The smallest absolute Gasteiger partial charge is 0.410 e. The third-order valence-electron chi connectivity index (χ3n) is 3.95. The predicted octanol–water partition coefficient (Wildman–Crippen LogP) is 2.68. The highest BCUT2D eigenvalue weighted by Crippen LogP contribution is 2.15. The zero-order valence-corrected chi connectivity index (χ0v) is 14.8. The molecular formula is C18H29N3O2. The Morgan fingerprint density at radius 3 is 2.30 bits per heavy atom. The summed E-state index contributed by atoms with van der Waals surface area (Å²) < 4.78 is 5.37. The van der Waals surface area contributed by atoms with Crippen LogP contribution in [0.3, 0.4) is 0 Å². The lowest BCUT2D eigenvalue weighted by atomic mass is 10.2. The highest BCUT2D eigenvalue weighted by molar-refractivity contribution is 5.67. The summed E-state index contributed by atoms with van der Waals surface area (Å²) in [6.45, 7) is 11.4. The molecule has 0 radical (unpaired) electrons. The van der Waals surface area contributed by atoms with Crippen LogP contribution in [-0.4, -0.2) is 67.8 Å². The largest absolute Gasteiger partial charge is 0.444 e. The van der Waals surface area contributed by atoms with Gasteiger partial charge in [0.25, 0.3) is 0 Å². The summed E-state index contributed by atoms with van der Waals surface area (Å²) in [5.41, 5.74) is 0.852. The third-order valence-corrected chi connectivity index (χ3v) is 3.95. The zero-order chi connectivity index (χ0) is 16.9. The summed E-state index contributed by atoms with van der Waals surface area (Å²) >= 11 is 0. The zero-order valence-electron chi connectivity index (χ0n) is 14.8. The van der Waals surface area contributed by atoms with Gasteiger partial charge >= 0.3 is 6.09 Å². The number of ether oxygens (including phenoxy) is 1. The van der Waals surface area contributed by atoms with Gasteiger partial charge in [-0.25, -0.2) is 4.79 Å². The van der Waals surface area contributed by atoms with E-state index in [-0.39, 0.29) is 6.09 Å². The van der Waals surface area contributed by atoms with Gasteiger partial charge in [0.15, 0.2) is 0 Å². The van der Waals surface area contributed by atoms with Crippen LogP contribution >= 0.6 is 0 Å². The second kappa shape index (κ2) is 7.68. The van der Waals surface area contributed by atoms with Gasteiger partial charge in [-0.15, -0.1) is 0 Å². The maximum Gasteiger partial charge on any atom is 0.410 e. The van der Waals surface area contributed by atoms with Crippen LogP contribution in [0.4, 0.5) is 10.5 Å². The van der Waals surface area contributed by atoms with Crippen molar-refractivity contribution >= 4 is 11.8 Å². The van der Waals surface area contributed by atoms with Crippen molar-refractivity contribution in [2.45, 2.75) is 26.4 Å². The number of rotatable bonds is 4. The van der Waals surface area contributed by atoms with Crippen LogP contribution in [-0.2, 0) is 4.74 Å². The summed E-state index contributed by atoms with van der Waals surface area (Å²) in [7, 11) is 1.80. The molecule has 128 valence electrons. The first-order valence-corrected chi connectivity index (χ1v) is 8.31. The normalized spacial score (nSPS) is 16.3. The molecule has 1 heterocycles. The van der Waals surface area contributed by atoms with Crippen molar-refractivity contribution in [3.63, 3.8) is 0 Å². The first-order chi connectivity index (χ1) is 10.8. The summed E-state index contributed by atoms with van der Waals surface area (Å²) in [4.78, 5) is 18.4. The van der Waals surface area contributed by atoms with Crippen molar-refractivity contribution in [2.75, 3.05) is 51.2 Å². The molecule has 5 heteroatoms. The molecule has 0 unspecified atom stereocenters. The molecule has 0 bridgehead atoms. The lowest BCUT2D eigenvalue weighted by molar-refractivity contribution is 0.0282. The Balaban J connectivity index is 1.71. The molecule has 0 aliphatic carbocycles. The number of carbonyl (C=O) groups is 1. The fraction of sp³-hybridized carbons (Fsp3) is 0.611. The van der Waals surface area contributed by atoms with Crippen molar-refractivity contribution < 1.29 is 9.53 Å². The van der Waals surface area contributed by atoms with Crippen LogP contribution in [0.5, 0.6) is 0 Å². The van der Waals surface area contributed by atoms with Crippen molar-refractivity contribution in [1.82, 2.24) is 9.80 Å². The maximum atomic E-state index is 11.9. The predicted molar refractivity (Wildman–Crippen MR) is 94.0 cm³/mol. The van der Waals surface area contributed by atoms with Crippen LogP contribution in [0.2, 0.25) is 0 Å². The summed E-state index contributed by atoms with van der Waals surface area (Å²) in [6, 6.07) is 10.5. The number of anilines is 1. The molecule has 0 aromatic heterocycles. The van der Waals surface area contributed by atoms with Gasteiger partial charge in [0.1, 0.15) is 5.60 Å². The molecule has 1 amide bonds. The Labute approximate surface area is 139 Å². The van der Waals surface area contributed by atoms with E-state index in [9.17, 15) is 4.79 Å². The first-order valence-electron chi connectivity index (χ1n) is 8.31. The number of nitrogens with zero attached hydrogens (tertiary/aromatic N) is 3. The van der Waals surface area contributed by atoms with Crippen LogP contribution in [0.15, 0.2) is 30.3 Å². The number of carbonyl (C=O) groups excluding carboxylic acids is 1. The molecule has 0 atom stereocenters. The number of hydrogen-bond donors (Lipinski definition) is 0. The Bertz CT molecular complexity index is 491. The van der Waals surface area contributed by atoms with Gasteiger partial charge in [0.05, 0.1) is 0 Å². The Morgan fingerprint density at radius 1 is 1.13 bits per heavy atom. The SMILES string of the molecule is CN(CCN1CCN(c2ccccc2)CC1)C(=O)OC(C)(C)C. The van der Waals surface area contributed by atoms with Gasteiger partial charge in [-0.05, 0) is 32.9 Å². The topological polar surface area (TPSA) is 36.0 Å². The number of likely N-dealkylation sites (N-methyl/N-ethyl adjacent to an activating group) is 1. The maximum absolute atomic E-state index is 11.9. The van der Waals surface area contributed by atoms with E-state index >= 15 is 0 Å². The minimum Gasteiger partial charge on any atom is -0.444 e. The molecule has 1 aliphatic rings. The minimum absolute atomic E-state index is 0.250. The average Bonchev–Trinajstić information content (AvgIpc) is 2.52. The number of para-hydroxylation sites is 1. The van der Waals surface area contributed by atoms with Gasteiger partial charge in [0, 0.05) is 52.0 Å². The molecule has 23 heavy (non-hydrogen) atoms. The summed E-state index contributed by atoms with van der Waals surface area (Å²) in [6.07, 6.45) is -0.250. The van der Waals surface area contributed by atoms with Crippen molar-refractivity contribution in [1.29, 1.82) is 0 Å². The van der Waals surface area contributed by atoms with Crippen molar-refractivity contribution in [3.05, 3.63) is 30.3 Å². The second-order valence-corrected chi connectivity index (χ2v) is 7.07. The van der Waals surface area contributed by atoms with E-state index in [1.807, 2.05) is 26.8 Å². The Morgan fingerprint density at radius 2 is 1.74 bits per heavy atom. The first kappa shape index (κ1) is 17.6. The van der Waals surface area contributed by atoms with Gasteiger partial charge in [0.2, 0.25) is 0 Å². The van der Waals surface area contributed by atoms with E-state index in [1.54, 1.807) is 11.9 Å². The standard InChI is InChI=1S/C18H29N3O2/c1-18(2,3)23-17(22)19(4)10-11-20-12-14-21(15-13-20)16-8-6-5-7-9-16/h5-9H,10-15H2,1-4H3. The molecule has 1 aromatic carbocycles. The van der Waals surface area contributed by atoms with E-state index in [0.717, 1.165) is 32.7 Å². The molecule has 5 nitrogen and oxygen atoms in total. The molecule has 1 fully saturated rings. The number of hydrogen-bond acceptors (Lipinski definition) is 4. The molecular weight excluding hydrogens is 290 g/mol. The second-order valence-electron chi connectivity index (χ2n) is 7.07. The van der Waals surface area contributed by atoms with Crippen LogP contribution < -0.4 is 4.90 Å². The van der Waals surface area contributed by atoms with E-state index in [1.165, 1.54) is 5.69 Å². The molecule has 1 saturated heterocycles. The van der Waals surface area contributed by atoms with E-state index in [2.05, 4.69) is 34.1 Å². The van der Waals surface area contributed by atoms with Crippen LogP contribution in [0.1, 0.15) is 20.8 Å². The van der Waals surface area contributed by atoms with Gasteiger partial charge in [-0.2, -0.15) is 0 Å². The minimum atomic E-state index is -0.438. The quantitative estimate of drug-likeness (QED) is 0.855. The van der Waals surface area contributed by atoms with E-state index in [0.29, 0.717) is 6.54 Å². The molecule has 0 spiro atoms. The fourth-order valence-electron chi connectivity index (χ4n) is 2.59. The number of benzene rings is 1. The lowest BCUT2D eigenvalue weighted by Gasteiger charge is -2.36. The highest BCUT2D eigenvalue weighted by atomic mass is 16.6. The average molecular weight is 319 g/mol. The van der Waals surface area contributed by atoms with Gasteiger partial charge < -0.3 is 14.5 Å². The Hall–Kier alpha value is -1.75. The number of piperazine rings is 1. The molecule has 2 rings (SSSR count). The molecule has 0 N–H and O–H groups in total. The lowest BCUT2D eigenvalue weighted by Crippen LogP contribution is -2.49. The molecule has 0 saturated carbocycles. The molecule has 1 aliphatic heterocycles. The number of amides is 1. The monoisotopic (exact) mass is 319 g/mol. The third kappa shape index (κ3) is 5.75. The van der Waals surface area contributed by atoms with Crippen molar-refractivity contribution in [2.24, 2.45) is 0 Å². The van der Waals surface area contributed by atoms with Gasteiger partial charge in [-0.3, -0.25) is 4.90 Å².